The average Bonchev–Trinajstić information content (AvgIpc) is 3.03. The van der Waals surface area contributed by atoms with Gasteiger partial charge in [0.1, 0.15) is 12.4 Å². The van der Waals surface area contributed by atoms with Gasteiger partial charge in [0.05, 0.1) is 12.1 Å². The topological polar surface area (TPSA) is 57.0 Å². The van der Waals surface area contributed by atoms with Gasteiger partial charge in [0.15, 0.2) is 5.82 Å². The fourth-order valence-electron chi connectivity index (χ4n) is 2.28. The van der Waals surface area contributed by atoms with Crippen molar-refractivity contribution in [3.05, 3.63) is 76.5 Å². The molecule has 0 aliphatic heterocycles. The van der Waals surface area contributed by atoms with Crippen molar-refractivity contribution in [1.29, 1.82) is 0 Å². The summed E-state index contributed by atoms with van der Waals surface area (Å²) < 4.78 is 20.6. The van der Waals surface area contributed by atoms with Crippen LogP contribution in [0.15, 0.2) is 48.8 Å². The average molecular weight is 360 g/mol. The van der Waals surface area contributed by atoms with E-state index in [4.69, 9.17) is 16.3 Å². The monoisotopic (exact) mass is 359 g/mol. The van der Waals surface area contributed by atoms with Crippen LogP contribution in [0.25, 0.3) is 5.82 Å². The largest absolute Gasteiger partial charge is 0.461 e. The van der Waals surface area contributed by atoms with Crippen molar-refractivity contribution in [2.75, 3.05) is 0 Å². The SMILES string of the molecule is Cc1ccn(-c2cc(COC(=O)Cc3c(F)cccc3Cl)ccn2)n1. The zero-order valence-electron chi connectivity index (χ0n) is 13.4. The van der Waals surface area contributed by atoms with Crippen LogP contribution in [0.4, 0.5) is 4.39 Å². The Balaban J connectivity index is 1.64. The number of esters is 1. The Morgan fingerprint density at radius 3 is 2.88 bits per heavy atom. The van der Waals surface area contributed by atoms with E-state index < -0.39 is 11.8 Å². The third-order valence-corrected chi connectivity index (χ3v) is 3.90. The molecule has 0 saturated carbocycles. The third-order valence-electron chi connectivity index (χ3n) is 3.55. The Hall–Kier alpha value is -2.73. The van der Waals surface area contributed by atoms with E-state index in [1.54, 1.807) is 29.2 Å². The van der Waals surface area contributed by atoms with Crippen LogP contribution in [-0.2, 0) is 22.6 Å². The van der Waals surface area contributed by atoms with Crippen molar-refractivity contribution >= 4 is 17.6 Å². The third kappa shape index (κ3) is 4.22. The smallest absolute Gasteiger partial charge is 0.310 e. The lowest BCUT2D eigenvalue weighted by Crippen LogP contribution is -2.10. The van der Waals surface area contributed by atoms with Crippen LogP contribution < -0.4 is 0 Å². The van der Waals surface area contributed by atoms with E-state index in [2.05, 4.69) is 10.1 Å². The first-order chi connectivity index (χ1) is 12.0. The number of halogens is 2. The van der Waals surface area contributed by atoms with Crippen LogP contribution in [0, 0.1) is 12.7 Å². The van der Waals surface area contributed by atoms with E-state index in [0.29, 0.717) is 5.82 Å². The summed E-state index contributed by atoms with van der Waals surface area (Å²) in [5.74, 6) is -0.455. The van der Waals surface area contributed by atoms with Gasteiger partial charge in [-0.1, -0.05) is 17.7 Å². The number of benzene rings is 1. The molecule has 3 aromatic rings. The molecule has 0 fully saturated rings. The molecule has 3 rings (SSSR count). The fraction of sp³-hybridized carbons (Fsp3) is 0.167. The quantitative estimate of drug-likeness (QED) is 0.652. The fourth-order valence-corrected chi connectivity index (χ4v) is 2.51. The highest BCUT2D eigenvalue weighted by atomic mass is 35.5. The van der Waals surface area contributed by atoms with Crippen LogP contribution >= 0.6 is 11.6 Å². The van der Waals surface area contributed by atoms with E-state index in [0.717, 1.165) is 11.3 Å². The predicted molar refractivity (Wildman–Crippen MR) is 91.0 cm³/mol. The molecule has 0 spiro atoms. The molecule has 0 N–H and O–H groups in total. The first-order valence-corrected chi connectivity index (χ1v) is 7.97. The number of rotatable bonds is 5. The molecule has 0 aliphatic rings. The van der Waals surface area contributed by atoms with Crippen molar-refractivity contribution in [3.63, 3.8) is 0 Å². The number of hydrogen-bond donors (Lipinski definition) is 0. The molecule has 2 aromatic heterocycles. The molecule has 5 nitrogen and oxygen atoms in total. The normalized spacial score (nSPS) is 10.7. The molecule has 1 aromatic carbocycles. The van der Waals surface area contributed by atoms with Crippen molar-refractivity contribution in [2.45, 2.75) is 20.0 Å². The number of aryl methyl sites for hydroxylation is 1. The minimum atomic E-state index is -0.555. The molecule has 128 valence electrons. The molecule has 0 radical (unpaired) electrons. The number of pyridine rings is 1. The van der Waals surface area contributed by atoms with Crippen molar-refractivity contribution in [1.82, 2.24) is 14.8 Å². The molecule has 0 saturated heterocycles. The molecular weight excluding hydrogens is 345 g/mol. The summed E-state index contributed by atoms with van der Waals surface area (Å²) >= 11 is 5.92. The minimum absolute atomic E-state index is 0.0562. The molecule has 0 atom stereocenters. The summed E-state index contributed by atoms with van der Waals surface area (Å²) in [6.07, 6.45) is 3.19. The number of carbonyl (C=O) groups excluding carboxylic acids is 1. The van der Waals surface area contributed by atoms with Crippen LogP contribution in [-0.4, -0.2) is 20.7 Å². The van der Waals surface area contributed by atoms with Gasteiger partial charge in [-0.3, -0.25) is 4.79 Å². The van der Waals surface area contributed by atoms with Gasteiger partial charge in [-0.15, -0.1) is 0 Å². The first kappa shape index (κ1) is 17.1. The van der Waals surface area contributed by atoms with Gasteiger partial charge >= 0.3 is 5.97 Å². The van der Waals surface area contributed by atoms with Crippen LogP contribution in [0.1, 0.15) is 16.8 Å². The van der Waals surface area contributed by atoms with Gasteiger partial charge in [-0.25, -0.2) is 14.1 Å². The lowest BCUT2D eigenvalue weighted by molar-refractivity contribution is -0.144. The maximum Gasteiger partial charge on any atom is 0.310 e. The highest BCUT2D eigenvalue weighted by Crippen LogP contribution is 2.20. The van der Waals surface area contributed by atoms with Crippen molar-refractivity contribution in [3.8, 4) is 5.82 Å². The molecule has 0 unspecified atom stereocenters. The second-order valence-electron chi connectivity index (χ2n) is 5.46. The highest BCUT2D eigenvalue weighted by Gasteiger charge is 2.13. The van der Waals surface area contributed by atoms with Crippen LogP contribution in [0.5, 0.6) is 0 Å². The Labute approximate surface area is 149 Å². The Bertz CT molecular complexity index is 891. The molecule has 0 amide bonds. The molecule has 25 heavy (non-hydrogen) atoms. The Morgan fingerprint density at radius 1 is 1.32 bits per heavy atom. The van der Waals surface area contributed by atoms with Gasteiger partial charge in [-0.05, 0) is 42.8 Å². The lowest BCUT2D eigenvalue weighted by atomic mass is 10.1. The first-order valence-electron chi connectivity index (χ1n) is 7.59. The van der Waals surface area contributed by atoms with E-state index in [9.17, 15) is 9.18 Å². The van der Waals surface area contributed by atoms with Crippen molar-refractivity contribution < 1.29 is 13.9 Å². The maximum atomic E-state index is 13.7. The summed E-state index contributed by atoms with van der Waals surface area (Å²) in [5, 5.41) is 4.49. The summed E-state index contributed by atoms with van der Waals surface area (Å²) in [5.41, 5.74) is 1.77. The van der Waals surface area contributed by atoms with Gasteiger partial charge in [-0.2, -0.15) is 5.10 Å². The lowest BCUT2D eigenvalue weighted by Gasteiger charge is -2.08. The maximum absolute atomic E-state index is 13.7. The summed E-state index contributed by atoms with van der Waals surface area (Å²) in [7, 11) is 0. The molecular formula is C18H15ClFN3O2. The number of carbonyl (C=O) groups is 1. The molecule has 0 bridgehead atoms. The number of hydrogen-bond acceptors (Lipinski definition) is 4. The van der Waals surface area contributed by atoms with E-state index in [1.807, 2.05) is 13.0 Å². The van der Waals surface area contributed by atoms with Gasteiger partial charge in [0.2, 0.25) is 0 Å². The molecule has 2 heterocycles. The number of nitrogens with zero attached hydrogens (tertiary/aromatic N) is 3. The number of ether oxygens (including phenoxy) is 1. The van der Waals surface area contributed by atoms with Crippen LogP contribution in [0.3, 0.4) is 0 Å². The second-order valence-corrected chi connectivity index (χ2v) is 5.87. The zero-order valence-corrected chi connectivity index (χ0v) is 14.2. The summed E-state index contributed by atoms with van der Waals surface area (Å²) in [4.78, 5) is 16.2. The van der Waals surface area contributed by atoms with Gasteiger partial charge in [0, 0.05) is 23.0 Å². The van der Waals surface area contributed by atoms with E-state index >= 15 is 0 Å². The molecule has 0 aliphatic carbocycles. The number of aromatic nitrogens is 3. The second kappa shape index (κ2) is 7.44. The van der Waals surface area contributed by atoms with Crippen molar-refractivity contribution in [2.24, 2.45) is 0 Å². The Morgan fingerprint density at radius 2 is 2.16 bits per heavy atom. The van der Waals surface area contributed by atoms with E-state index in [-0.39, 0.29) is 23.6 Å². The minimum Gasteiger partial charge on any atom is -0.461 e. The van der Waals surface area contributed by atoms with Gasteiger partial charge in [0.25, 0.3) is 0 Å². The summed E-state index contributed by atoms with van der Waals surface area (Å²) in [6, 6.07) is 9.66. The standard InChI is InChI=1S/C18H15ClFN3O2/c1-12-6-8-23(22-12)17-9-13(5-7-21-17)11-25-18(24)10-14-15(19)3-2-4-16(14)20/h2-9H,10-11H2,1H3. The van der Waals surface area contributed by atoms with E-state index in [1.165, 1.54) is 18.2 Å². The predicted octanol–water partition coefficient (Wildman–Crippen LogP) is 3.65. The molecule has 7 heteroatoms. The van der Waals surface area contributed by atoms with Crippen LogP contribution in [0.2, 0.25) is 5.02 Å². The Kier molecular flexibility index (Phi) is 5.09. The zero-order chi connectivity index (χ0) is 17.8. The van der Waals surface area contributed by atoms with Gasteiger partial charge < -0.3 is 4.74 Å². The summed E-state index contributed by atoms with van der Waals surface area (Å²) in [6.45, 7) is 1.94. The highest BCUT2D eigenvalue weighted by molar-refractivity contribution is 6.31.